The molecule has 1 heterocycles. The van der Waals surface area contributed by atoms with E-state index in [0.717, 1.165) is 43.1 Å². The second kappa shape index (κ2) is 9.06. The molecule has 0 bridgehead atoms. The number of nitrogens with zero attached hydrogens (tertiary/aromatic N) is 1. The molecule has 0 radical (unpaired) electrons. The molecule has 0 saturated carbocycles. The molecule has 1 aromatic carbocycles. The molecule has 1 aliphatic heterocycles. The summed E-state index contributed by atoms with van der Waals surface area (Å²) in [7, 11) is 1.99. The van der Waals surface area contributed by atoms with Crippen LogP contribution in [0.2, 0.25) is 0 Å². The van der Waals surface area contributed by atoms with Crippen molar-refractivity contribution in [2.45, 2.75) is 24.7 Å². The highest BCUT2D eigenvalue weighted by Crippen LogP contribution is 2.23. The van der Waals surface area contributed by atoms with Crippen LogP contribution >= 0.6 is 11.8 Å². The Hall–Kier alpha value is -1.20. The third kappa shape index (κ3) is 5.21. The Bertz CT molecular complexity index is 456. The second-order valence-electron chi connectivity index (χ2n) is 5.57. The predicted octanol–water partition coefficient (Wildman–Crippen LogP) is 2.64. The number of likely N-dealkylation sites (tertiary alicyclic amines) is 1. The number of rotatable bonds is 7. The number of hydrogen-bond donors (Lipinski definition) is 1. The van der Waals surface area contributed by atoms with Crippen molar-refractivity contribution in [3.8, 4) is 5.75 Å². The van der Waals surface area contributed by atoms with Gasteiger partial charge in [-0.1, -0.05) is 0 Å². The maximum atomic E-state index is 12.3. The molecule has 1 amide bonds. The number of ether oxygens (including phenoxy) is 1. The van der Waals surface area contributed by atoms with Crippen LogP contribution in [0.1, 0.15) is 19.8 Å². The smallest absolute Gasteiger partial charge is 0.232 e. The predicted molar refractivity (Wildman–Crippen MR) is 91.6 cm³/mol. The van der Waals surface area contributed by atoms with E-state index >= 15 is 0 Å². The molecular weight excluding hydrogens is 296 g/mol. The molecule has 0 aliphatic carbocycles. The number of nitrogens with one attached hydrogen (secondary N) is 1. The van der Waals surface area contributed by atoms with Crippen LogP contribution in [0.3, 0.4) is 0 Å². The van der Waals surface area contributed by atoms with Crippen molar-refractivity contribution in [1.82, 2.24) is 10.2 Å². The summed E-state index contributed by atoms with van der Waals surface area (Å²) < 4.78 is 5.42. The minimum Gasteiger partial charge on any atom is -0.494 e. The van der Waals surface area contributed by atoms with Gasteiger partial charge >= 0.3 is 0 Å². The van der Waals surface area contributed by atoms with Crippen molar-refractivity contribution >= 4 is 17.7 Å². The second-order valence-corrected chi connectivity index (χ2v) is 6.62. The molecule has 1 aliphatic rings. The van der Waals surface area contributed by atoms with E-state index in [9.17, 15) is 4.79 Å². The minimum absolute atomic E-state index is 0.252. The van der Waals surface area contributed by atoms with E-state index in [1.165, 1.54) is 0 Å². The average molecular weight is 322 g/mol. The van der Waals surface area contributed by atoms with E-state index < -0.39 is 0 Å². The summed E-state index contributed by atoms with van der Waals surface area (Å²) in [5, 5.41) is 3.22. The molecule has 0 unspecified atom stereocenters. The number of piperidine rings is 1. The fourth-order valence-corrected chi connectivity index (χ4v) is 3.51. The normalized spacial score (nSPS) is 15.8. The maximum Gasteiger partial charge on any atom is 0.232 e. The Balaban J connectivity index is 1.73. The minimum atomic E-state index is 0.252. The first-order valence-corrected chi connectivity index (χ1v) is 8.99. The van der Waals surface area contributed by atoms with Gasteiger partial charge in [0.15, 0.2) is 0 Å². The zero-order valence-corrected chi connectivity index (χ0v) is 14.3. The lowest BCUT2D eigenvalue weighted by molar-refractivity contribution is -0.129. The topological polar surface area (TPSA) is 41.6 Å². The van der Waals surface area contributed by atoms with Gasteiger partial charge < -0.3 is 15.0 Å². The van der Waals surface area contributed by atoms with Crippen LogP contribution in [0, 0.1) is 5.92 Å². The number of carbonyl (C=O) groups excluding carboxylic acids is 1. The monoisotopic (exact) mass is 322 g/mol. The summed E-state index contributed by atoms with van der Waals surface area (Å²) in [5.41, 5.74) is 0. The lowest BCUT2D eigenvalue weighted by atomic mass is 9.97. The van der Waals surface area contributed by atoms with Gasteiger partial charge in [-0.15, -0.1) is 11.8 Å². The number of carbonyl (C=O) groups is 1. The largest absolute Gasteiger partial charge is 0.494 e. The van der Waals surface area contributed by atoms with Gasteiger partial charge in [0, 0.05) is 18.0 Å². The molecule has 0 aromatic heterocycles. The molecule has 1 N–H and O–H groups in total. The molecule has 22 heavy (non-hydrogen) atoms. The number of benzene rings is 1. The van der Waals surface area contributed by atoms with E-state index in [2.05, 4.69) is 5.32 Å². The summed E-state index contributed by atoms with van der Waals surface area (Å²) in [6, 6.07) is 7.95. The van der Waals surface area contributed by atoms with Gasteiger partial charge in [-0.05, 0) is 63.5 Å². The van der Waals surface area contributed by atoms with Crippen LogP contribution in [-0.4, -0.2) is 49.8 Å². The molecule has 1 fully saturated rings. The first kappa shape index (κ1) is 17.2. The Labute approximate surface area is 137 Å². The van der Waals surface area contributed by atoms with E-state index in [-0.39, 0.29) is 5.91 Å². The van der Waals surface area contributed by atoms with Crippen LogP contribution in [-0.2, 0) is 4.79 Å². The first-order chi connectivity index (χ1) is 10.7. The highest BCUT2D eigenvalue weighted by molar-refractivity contribution is 8.00. The third-order valence-corrected chi connectivity index (χ3v) is 4.95. The molecule has 0 atom stereocenters. The molecule has 4 nitrogen and oxygen atoms in total. The van der Waals surface area contributed by atoms with Gasteiger partial charge in [0.2, 0.25) is 5.91 Å². The third-order valence-electron chi connectivity index (χ3n) is 3.96. The fourth-order valence-electron chi connectivity index (χ4n) is 2.71. The highest BCUT2D eigenvalue weighted by Gasteiger charge is 2.22. The van der Waals surface area contributed by atoms with Crippen molar-refractivity contribution < 1.29 is 9.53 Å². The molecular formula is C17H26N2O2S. The van der Waals surface area contributed by atoms with E-state index in [4.69, 9.17) is 4.74 Å². The number of hydrogen-bond acceptors (Lipinski definition) is 4. The fraction of sp³-hybridized carbons (Fsp3) is 0.588. The Morgan fingerprint density at radius 2 is 2.00 bits per heavy atom. The summed E-state index contributed by atoms with van der Waals surface area (Å²) in [5.74, 6) is 2.37. The average Bonchev–Trinajstić information content (AvgIpc) is 2.55. The van der Waals surface area contributed by atoms with Crippen LogP contribution in [0.4, 0.5) is 0 Å². The quantitative estimate of drug-likeness (QED) is 0.784. The molecule has 1 saturated heterocycles. The van der Waals surface area contributed by atoms with Crippen molar-refractivity contribution in [3.63, 3.8) is 0 Å². The van der Waals surface area contributed by atoms with Gasteiger partial charge in [0.25, 0.3) is 0 Å². The van der Waals surface area contributed by atoms with Crippen LogP contribution < -0.4 is 10.1 Å². The Morgan fingerprint density at radius 1 is 1.32 bits per heavy atom. The highest BCUT2D eigenvalue weighted by atomic mass is 32.2. The molecule has 5 heteroatoms. The summed E-state index contributed by atoms with van der Waals surface area (Å²) in [6.07, 6.45) is 2.22. The first-order valence-electron chi connectivity index (χ1n) is 8.01. The maximum absolute atomic E-state index is 12.3. The SMILES string of the molecule is CCOc1ccc(SCC(=O)N2CCC(CNC)CC2)cc1. The Morgan fingerprint density at radius 3 is 2.59 bits per heavy atom. The van der Waals surface area contributed by atoms with Crippen molar-refractivity contribution in [2.75, 3.05) is 39.0 Å². The van der Waals surface area contributed by atoms with Crippen molar-refractivity contribution in [1.29, 1.82) is 0 Å². The summed E-state index contributed by atoms with van der Waals surface area (Å²) in [6.45, 7) is 5.50. The standard InChI is InChI=1S/C17H26N2O2S/c1-3-21-15-4-6-16(7-5-15)22-13-17(20)19-10-8-14(9-11-19)12-18-2/h4-7,14,18H,3,8-13H2,1-2H3. The van der Waals surface area contributed by atoms with Gasteiger partial charge in [-0.2, -0.15) is 0 Å². The van der Waals surface area contributed by atoms with E-state index in [1.807, 2.05) is 43.1 Å². The van der Waals surface area contributed by atoms with Crippen molar-refractivity contribution in [2.24, 2.45) is 5.92 Å². The van der Waals surface area contributed by atoms with E-state index in [1.54, 1.807) is 11.8 Å². The number of amides is 1. The lowest BCUT2D eigenvalue weighted by Gasteiger charge is -2.31. The van der Waals surface area contributed by atoms with Crippen LogP contribution in [0.25, 0.3) is 0 Å². The Kier molecular flexibility index (Phi) is 7.06. The van der Waals surface area contributed by atoms with Gasteiger partial charge in [-0.25, -0.2) is 0 Å². The van der Waals surface area contributed by atoms with Crippen LogP contribution in [0.15, 0.2) is 29.2 Å². The van der Waals surface area contributed by atoms with Gasteiger partial charge in [-0.3, -0.25) is 4.79 Å². The zero-order valence-electron chi connectivity index (χ0n) is 13.5. The molecule has 1 aromatic rings. The lowest BCUT2D eigenvalue weighted by Crippen LogP contribution is -2.41. The molecule has 2 rings (SSSR count). The summed E-state index contributed by atoms with van der Waals surface area (Å²) >= 11 is 1.60. The zero-order chi connectivity index (χ0) is 15.8. The van der Waals surface area contributed by atoms with E-state index in [0.29, 0.717) is 18.3 Å². The molecule has 0 spiro atoms. The van der Waals surface area contributed by atoms with Gasteiger partial charge in [0.1, 0.15) is 5.75 Å². The number of thioether (sulfide) groups is 1. The van der Waals surface area contributed by atoms with Crippen LogP contribution in [0.5, 0.6) is 5.75 Å². The summed E-state index contributed by atoms with van der Waals surface area (Å²) in [4.78, 5) is 15.4. The van der Waals surface area contributed by atoms with Gasteiger partial charge in [0.05, 0.1) is 12.4 Å². The molecule has 122 valence electrons. The van der Waals surface area contributed by atoms with Crippen molar-refractivity contribution in [3.05, 3.63) is 24.3 Å².